The molecule has 27 heavy (non-hydrogen) atoms. The van der Waals surface area contributed by atoms with E-state index in [9.17, 15) is 13.9 Å². The maximum atomic E-state index is 14.1. The van der Waals surface area contributed by atoms with Gasteiger partial charge in [0.05, 0.1) is 14.8 Å². The van der Waals surface area contributed by atoms with Gasteiger partial charge in [-0.1, -0.05) is 64.5 Å². The lowest BCUT2D eigenvalue weighted by atomic mass is 9.87. The first-order valence-corrected chi connectivity index (χ1v) is 11.1. The molecule has 1 aliphatic carbocycles. The topological polar surface area (TPSA) is 38.7 Å². The van der Waals surface area contributed by atoms with Crippen LogP contribution in [0.25, 0.3) is 0 Å². The minimum Gasteiger partial charge on any atom is -0.383 e. The highest BCUT2D eigenvalue weighted by atomic mass is 31.0. The summed E-state index contributed by atoms with van der Waals surface area (Å²) in [6, 6.07) is 0. The molecule has 1 saturated carbocycles. The van der Waals surface area contributed by atoms with E-state index in [0.29, 0.717) is 19.3 Å². The average molecular weight is 430 g/mol. The molecule has 0 heterocycles. The molecule has 4 unspecified atom stereocenters. The highest BCUT2D eigenvalue weighted by Gasteiger charge is 2.43. The zero-order chi connectivity index (χ0) is 21.7. The van der Waals surface area contributed by atoms with Gasteiger partial charge in [-0.3, -0.25) is 0 Å². The third kappa shape index (κ3) is 8.31. The van der Waals surface area contributed by atoms with Gasteiger partial charge >= 0.3 is 0 Å². The fourth-order valence-corrected chi connectivity index (χ4v) is 4.43. The van der Waals surface area contributed by atoms with Crippen LogP contribution in [0.1, 0.15) is 78.1 Å². The van der Waals surface area contributed by atoms with Crippen molar-refractivity contribution in [2.45, 2.75) is 102 Å². The number of hydrogen-bond donors (Lipinski definition) is 1. The molecule has 0 aliphatic heterocycles. The molecule has 0 saturated heterocycles. The van der Waals surface area contributed by atoms with E-state index in [1.807, 2.05) is 6.92 Å². The molecule has 0 aromatic rings. The van der Waals surface area contributed by atoms with Crippen molar-refractivity contribution in [2.75, 3.05) is 0 Å². The minimum atomic E-state index is -3.15. The molecule has 0 amide bonds. The predicted octanol–water partition coefficient (Wildman–Crippen LogP) is 6.08. The van der Waals surface area contributed by atoms with E-state index in [2.05, 4.69) is 6.92 Å². The third-order valence-corrected chi connectivity index (χ3v) is 6.23. The van der Waals surface area contributed by atoms with Crippen molar-refractivity contribution in [1.82, 2.24) is 0 Å². The van der Waals surface area contributed by atoms with Crippen LogP contribution in [0.2, 0.25) is 0 Å². The standard InChI is InChI=1S/C20H38F2O3P2/c1-3-5-7-8-9-10-15-16(18(25-27)14-17(15)24-26)11-12-19(23)20(21,22)13-6-4-2/h11-12,15-19,23H,3-10,13-14,26-27H2,1-2H3/b12-11+/t15?,16-,17+,18-,19?/m1/s1/i26T,27T/t15?,16-,17+,18-,19?,26?,27?. The van der Waals surface area contributed by atoms with Crippen molar-refractivity contribution in [2.24, 2.45) is 11.8 Å². The summed E-state index contributed by atoms with van der Waals surface area (Å²) in [6.07, 6.45) is 8.39. The summed E-state index contributed by atoms with van der Waals surface area (Å²) in [5.41, 5.74) is 0. The Labute approximate surface area is 171 Å². The van der Waals surface area contributed by atoms with Crippen LogP contribution in [0.5, 0.6) is 0 Å². The lowest BCUT2D eigenvalue weighted by Crippen LogP contribution is -2.32. The molecule has 0 spiro atoms. The summed E-state index contributed by atoms with van der Waals surface area (Å²) >= 11 is 0. The Hall–Kier alpha value is 0.340. The van der Waals surface area contributed by atoms with Gasteiger partial charge in [0.1, 0.15) is 6.10 Å². The smallest absolute Gasteiger partial charge is 0.276 e. The van der Waals surface area contributed by atoms with Crippen LogP contribution >= 0.6 is 18.8 Å². The lowest BCUT2D eigenvalue weighted by Gasteiger charge is -2.25. The largest absolute Gasteiger partial charge is 0.383 e. The second-order valence-corrected chi connectivity index (χ2v) is 8.16. The van der Waals surface area contributed by atoms with Gasteiger partial charge in [0.25, 0.3) is 5.92 Å². The van der Waals surface area contributed by atoms with Crippen LogP contribution < -0.4 is 0 Å². The zero-order valence-corrected chi connectivity index (χ0v) is 18.6. The van der Waals surface area contributed by atoms with E-state index in [1.54, 1.807) is 6.08 Å². The first-order valence-electron chi connectivity index (χ1n) is 11.3. The van der Waals surface area contributed by atoms with Crippen LogP contribution in [-0.4, -0.2) is 31.9 Å². The van der Waals surface area contributed by atoms with E-state index in [1.165, 1.54) is 25.3 Å². The van der Waals surface area contributed by atoms with Gasteiger partial charge in [-0.05, 0) is 18.8 Å². The summed E-state index contributed by atoms with van der Waals surface area (Å²) in [7, 11) is -0.836. The Morgan fingerprint density at radius 1 is 1.11 bits per heavy atom. The van der Waals surface area contributed by atoms with Crippen molar-refractivity contribution in [3.05, 3.63) is 12.2 Å². The van der Waals surface area contributed by atoms with Crippen LogP contribution in [0.3, 0.4) is 0 Å². The Morgan fingerprint density at radius 2 is 1.78 bits per heavy atom. The van der Waals surface area contributed by atoms with Crippen LogP contribution in [-0.2, 0) is 9.05 Å². The molecular weight excluding hydrogens is 388 g/mol. The summed E-state index contributed by atoms with van der Waals surface area (Å²) in [5, 5.41) is 10.0. The molecule has 0 radical (unpaired) electrons. The molecule has 7 atom stereocenters. The molecule has 7 heteroatoms. The normalized spacial score (nSPS) is 29.4. The molecule has 1 aliphatic rings. The third-order valence-electron chi connectivity index (χ3n) is 5.62. The summed E-state index contributed by atoms with van der Waals surface area (Å²) in [6.45, 7) is 4.01. The average Bonchev–Trinajstić information content (AvgIpc) is 3.01. The molecule has 0 aromatic heterocycles. The van der Waals surface area contributed by atoms with Gasteiger partial charge in [-0.25, -0.2) is 8.78 Å². The Bertz CT molecular complexity index is 461. The van der Waals surface area contributed by atoms with Gasteiger partial charge < -0.3 is 14.2 Å². The van der Waals surface area contributed by atoms with E-state index in [0.717, 1.165) is 19.3 Å². The second-order valence-electron chi connectivity index (χ2n) is 7.69. The maximum Gasteiger partial charge on any atom is 0.276 e. The summed E-state index contributed by atoms with van der Waals surface area (Å²) in [5.74, 6) is -3.27. The SMILES string of the molecule is [3H]PO[C@H]1C[C@@H](OP[3H])[C@H](/C=C/C(O)C(F)(F)CCCC)C1CCCCCCC. The fraction of sp³-hybridized carbons (Fsp3) is 0.900. The molecule has 1 fully saturated rings. The fourth-order valence-electron chi connectivity index (χ4n) is 3.91. The molecule has 3 nitrogen and oxygen atoms in total. The monoisotopic (exact) mass is 430 g/mol. The predicted molar refractivity (Wildman–Crippen MR) is 114 cm³/mol. The summed E-state index contributed by atoms with van der Waals surface area (Å²) < 4.78 is 54.4. The van der Waals surface area contributed by atoms with Gasteiger partial charge in [0.15, 0.2) is 0 Å². The second kappa shape index (κ2) is 13.5. The first-order chi connectivity index (χ1) is 13.9. The highest BCUT2D eigenvalue weighted by Crippen LogP contribution is 2.42. The summed E-state index contributed by atoms with van der Waals surface area (Å²) in [4.78, 5) is 0. The van der Waals surface area contributed by atoms with Crippen molar-refractivity contribution in [3.8, 4) is 0 Å². The van der Waals surface area contributed by atoms with Gasteiger partial charge in [0.2, 0.25) is 0 Å². The quantitative estimate of drug-likeness (QED) is 0.183. The van der Waals surface area contributed by atoms with Crippen molar-refractivity contribution < 1.29 is 22.9 Å². The van der Waals surface area contributed by atoms with E-state index >= 15 is 0 Å². The minimum absolute atomic E-state index is 0.0588. The maximum absolute atomic E-state index is 14.1. The Kier molecular flexibility index (Phi) is 11.1. The molecule has 0 aromatic carbocycles. The molecule has 1 N–H and O–H groups in total. The van der Waals surface area contributed by atoms with Gasteiger partial charge in [-0.15, -0.1) is 0 Å². The van der Waals surface area contributed by atoms with E-state index < -0.39 is 30.9 Å². The number of aliphatic hydroxyl groups excluding tert-OH is 1. The molecular formula is C20H38F2O3P2. The molecule has 160 valence electrons. The van der Waals surface area contributed by atoms with E-state index in [4.69, 9.17) is 11.6 Å². The van der Waals surface area contributed by atoms with E-state index in [-0.39, 0.29) is 30.5 Å². The van der Waals surface area contributed by atoms with Crippen LogP contribution in [0.15, 0.2) is 12.2 Å². The van der Waals surface area contributed by atoms with Gasteiger partial charge in [0, 0.05) is 37.6 Å². The number of alkyl halides is 2. The highest BCUT2D eigenvalue weighted by molar-refractivity contribution is 7.10. The van der Waals surface area contributed by atoms with Gasteiger partial charge in [-0.2, -0.15) is 0 Å². The Balaban J connectivity index is 2.85. The zero-order valence-electron chi connectivity index (χ0n) is 18.6. The van der Waals surface area contributed by atoms with Crippen molar-refractivity contribution in [3.63, 3.8) is 0 Å². The number of aliphatic hydroxyl groups is 1. The first kappa shape index (κ1) is 22.0. The Morgan fingerprint density at radius 3 is 2.44 bits per heavy atom. The lowest BCUT2D eigenvalue weighted by molar-refractivity contribution is -0.0931. The van der Waals surface area contributed by atoms with Crippen LogP contribution in [0.4, 0.5) is 8.78 Å². The number of hydrogen-bond acceptors (Lipinski definition) is 3. The van der Waals surface area contributed by atoms with Crippen molar-refractivity contribution in [1.29, 1.82) is 2.56 Å². The number of halogens is 2. The van der Waals surface area contributed by atoms with Crippen LogP contribution in [0, 0.1) is 11.8 Å². The number of rotatable bonds is 16. The molecule has 0 bridgehead atoms. The number of unbranched alkanes of at least 4 members (excludes halogenated alkanes) is 5. The van der Waals surface area contributed by atoms with Crippen molar-refractivity contribution >= 4 is 18.8 Å². The molecule has 1 rings (SSSR count).